The maximum Gasteiger partial charge on any atom is 0.265 e. The third-order valence-electron chi connectivity index (χ3n) is 4.51. The van der Waals surface area contributed by atoms with Gasteiger partial charge < -0.3 is 14.7 Å². The Morgan fingerprint density at radius 1 is 1.35 bits per heavy atom. The monoisotopic (exact) mass is 315 g/mol. The summed E-state index contributed by atoms with van der Waals surface area (Å²) in [7, 11) is 3.81. The molecule has 0 saturated heterocycles. The molecule has 1 saturated carbocycles. The summed E-state index contributed by atoms with van der Waals surface area (Å²) < 4.78 is 5.27. The molecule has 2 atom stereocenters. The number of nitrogens with zero attached hydrogens (tertiary/aromatic N) is 4. The number of anilines is 1. The summed E-state index contributed by atoms with van der Waals surface area (Å²) in [6.45, 7) is 2.78. The molecule has 6 nitrogen and oxygen atoms in total. The molecule has 0 bridgehead atoms. The third kappa shape index (κ3) is 3.88. The molecule has 1 aliphatic rings. The van der Waals surface area contributed by atoms with Crippen molar-refractivity contribution in [1.29, 1.82) is 0 Å². The largest absolute Gasteiger partial charge is 0.344 e. The van der Waals surface area contributed by atoms with Gasteiger partial charge in [0.25, 0.3) is 5.95 Å². The van der Waals surface area contributed by atoms with Crippen LogP contribution in [0, 0.1) is 6.92 Å². The van der Waals surface area contributed by atoms with Gasteiger partial charge in [0.15, 0.2) is 0 Å². The van der Waals surface area contributed by atoms with Crippen LogP contribution in [0.5, 0.6) is 0 Å². The first-order chi connectivity index (χ1) is 11.1. The van der Waals surface area contributed by atoms with Crippen LogP contribution in [-0.2, 0) is 6.54 Å². The predicted molar refractivity (Wildman–Crippen MR) is 89.4 cm³/mol. The van der Waals surface area contributed by atoms with Crippen LogP contribution in [0.1, 0.15) is 48.7 Å². The normalized spacial score (nSPS) is 21.3. The highest BCUT2D eigenvalue weighted by Crippen LogP contribution is 2.33. The first kappa shape index (κ1) is 15.9. The highest BCUT2D eigenvalue weighted by molar-refractivity contribution is 5.24. The van der Waals surface area contributed by atoms with E-state index < -0.39 is 0 Å². The molecule has 2 aromatic heterocycles. The van der Waals surface area contributed by atoms with E-state index in [0.717, 1.165) is 6.42 Å². The number of aryl methyl sites for hydroxylation is 1. The minimum atomic E-state index is 0.477. The van der Waals surface area contributed by atoms with Gasteiger partial charge in [0.1, 0.15) is 0 Å². The zero-order valence-corrected chi connectivity index (χ0v) is 14.1. The molecule has 0 spiro atoms. The minimum Gasteiger partial charge on any atom is -0.344 e. The van der Waals surface area contributed by atoms with Gasteiger partial charge in [-0.15, -0.1) is 0 Å². The topological polar surface area (TPSA) is 67.1 Å². The first-order valence-electron chi connectivity index (χ1n) is 8.28. The molecule has 0 aromatic carbocycles. The van der Waals surface area contributed by atoms with Crippen molar-refractivity contribution in [3.8, 4) is 0 Å². The summed E-state index contributed by atoms with van der Waals surface area (Å²) in [6, 6.07) is 4.64. The molecular formula is C17H25N5O. The molecule has 1 fully saturated rings. The molecule has 6 heteroatoms. The molecule has 1 aliphatic carbocycles. The van der Waals surface area contributed by atoms with Crippen molar-refractivity contribution in [3.05, 3.63) is 35.5 Å². The molecule has 0 aliphatic heterocycles. The van der Waals surface area contributed by atoms with Gasteiger partial charge in [-0.1, -0.05) is 12.5 Å². The number of hydrogen-bond donors (Lipinski definition) is 1. The fourth-order valence-corrected chi connectivity index (χ4v) is 3.28. The Morgan fingerprint density at radius 3 is 2.96 bits per heavy atom. The van der Waals surface area contributed by atoms with Gasteiger partial charge in [-0.05, 0) is 43.0 Å². The minimum absolute atomic E-state index is 0.477. The zero-order valence-electron chi connectivity index (χ0n) is 14.1. The van der Waals surface area contributed by atoms with Gasteiger partial charge in [0.2, 0.25) is 5.89 Å². The van der Waals surface area contributed by atoms with Crippen LogP contribution in [0.15, 0.2) is 22.9 Å². The van der Waals surface area contributed by atoms with E-state index in [1.54, 1.807) is 0 Å². The number of aromatic nitrogens is 3. The van der Waals surface area contributed by atoms with Crippen LogP contribution in [-0.4, -0.2) is 35.3 Å². The second-order valence-corrected chi connectivity index (χ2v) is 6.53. The molecular weight excluding hydrogens is 290 g/mol. The summed E-state index contributed by atoms with van der Waals surface area (Å²) in [5.41, 5.74) is 2.55. The third-order valence-corrected chi connectivity index (χ3v) is 4.51. The van der Waals surface area contributed by atoms with Crippen molar-refractivity contribution in [2.24, 2.45) is 0 Å². The SMILES string of the molecule is Cc1cccnc1[C@@H]1CCC[C@@H](NCc2nc(N(C)C)no2)C1. The van der Waals surface area contributed by atoms with Crippen molar-refractivity contribution in [3.63, 3.8) is 0 Å². The van der Waals surface area contributed by atoms with Crippen LogP contribution in [0.25, 0.3) is 0 Å². The smallest absolute Gasteiger partial charge is 0.265 e. The molecule has 1 N–H and O–H groups in total. The molecule has 3 rings (SSSR count). The van der Waals surface area contributed by atoms with Gasteiger partial charge in [-0.3, -0.25) is 4.98 Å². The second kappa shape index (κ2) is 7.08. The molecule has 0 radical (unpaired) electrons. The van der Waals surface area contributed by atoms with Gasteiger partial charge in [0, 0.05) is 37.9 Å². The summed E-state index contributed by atoms with van der Waals surface area (Å²) in [5, 5.41) is 7.51. The first-order valence-corrected chi connectivity index (χ1v) is 8.28. The predicted octanol–water partition coefficient (Wildman–Crippen LogP) is 2.66. The van der Waals surface area contributed by atoms with Crippen LogP contribution < -0.4 is 10.2 Å². The van der Waals surface area contributed by atoms with Gasteiger partial charge >= 0.3 is 0 Å². The molecule has 0 amide bonds. The van der Waals surface area contributed by atoms with E-state index in [1.165, 1.54) is 30.5 Å². The molecule has 2 heterocycles. The van der Waals surface area contributed by atoms with E-state index >= 15 is 0 Å². The lowest BCUT2D eigenvalue weighted by Gasteiger charge is -2.30. The van der Waals surface area contributed by atoms with Crippen LogP contribution in [0.2, 0.25) is 0 Å². The maximum absolute atomic E-state index is 5.27. The zero-order chi connectivity index (χ0) is 16.2. The Kier molecular flexibility index (Phi) is 4.91. The number of pyridine rings is 1. The van der Waals surface area contributed by atoms with Gasteiger partial charge in [-0.25, -0.2) is 0 Å². The Labute approximate surface area is 137 Å². The number of hydrogen-bond acceptors (Lipinski definition) is 6. The summed E-state index contributed by atoms with van der Waals surface area (Å²) in [4.78, 5) is 10.8. The van der Waals surface area contributed by atoms with Crippen LogP contribution in [0.3, 0.4) is 0 Å². The average Bonchev–Trinajstić information content (AvgIpc) is 3.03. The Hall–Kier alpha value is -1.95. The standard InChI is InChI=1S/C17H25N5O/c1-12-6-5-9-18-16(12)13-7-4-8-14(10-13)19-11-15-20-17(21-23-15)22(2)3/h5-6,9,13-14,19H,4,7-8,10-11H2,1-3H3/t13-,14-/m1/s1. The van der Waals surface area contributed by atoms with Crippen molar-refractivity contribution in [1.82, 2.24) is 20.4 Å². The lowest BCUT2D eigenvalue weighted by atomic mass is 9.82. The highest BCUT2D eigenvalue weighted by atomic mass is 16.5. The lowest BCUT2D eigenvalue weighted by Crippen LogP contribution is -2.33. The fourth-order valence-electron chi connectivity index (χ4n) is 3.28. The highest BCUT2D eigenvalue weighted by Gasteiger charge is 2.25. The number of nitrogens with one attached hydrogen (secondary N) is 1. The van der Waals surface area contributed by atoms with Crippen LogP contribution >= 0.6 is 0 Å². The molecule has 124 valence electrons. The maximum atomic E-state index is 5.27. The lowest BCUT2D eigenvalue weighted by molar-refractivity contribution is 0.307. The summed E-state index contributed by atoms with van der Waals surface area (Å²) >= 11 is 0. The Morgan fingerprint density at radius 2 is 2.22 bits per heavy atom. The van der Waals surface area contributed by atoms with E-state index in [2.05, 4.69) is 33.4 Å². The van der Waals surface area contributed by atoms with Gasteiger partial charge in [-0.2, -0.15) is 4.98 Å². The second-order valence-electron chi connectivity index (χ2n) is 6.53. The van der Waals surface area contributed by atoms with E-state index in [1.807, 2.05) is 31.3 Å². The van der Waals surface area contributed by atoms with Crippen molar-refractivity contribution in [2.75, 3.05) is 19.0 Å². The van der Waals surface area contributed by atoms with E-state index in [9.17, 15) is 0 Å². The summed E-state index contributed by atoms with van der Waals surface area (Å²) in [6.07, 6.45) is 6.66. The van der Waals surface area contributed by atoms with E-state index in [-0.39, 0.29) is 0 Å². The number of rotatable bonds is 5. The van der Waals surface area contributed by atoms with Crippen molar-refractivity contribution >= 4 is 5.95 Å². The molecule has 2 aromatic rings. The summed E-state index contributed by atoms with van der Waals surface area (Å²) in [5.74, 6) is 1.81. The van der Waals surface area contributed by atoms with Crippen molar-refractivity contribution < 1.29 is 4.52 Å². The van der Waals surface area contributed by atoms with Gasteiger partial charge in [0.05, 0.1) is 6.54 Å². The average molecular weight is 315 g/mol. The Balaban J connectivity index is 1.57. The molecule has 23 heavy (non-hydrogen) atoms. The van der Waals surface area contributed by atoms with Crippen molar-refractivity contribution in [2.45, 2.75) is 51.1 Å². The quantitative estimate of drug-likeness (QED) is 0.915. The van der Waals surface area contributed by atoms with Crippen LogP contribution in [0.4, 0.5) is 5.95 Å². The molecule has 0 unspecified atom stereocenters. The fraction of sp³-hybridized carbons (Fsp3) is 0.588. The van der Waals surface area contributed by atoms with E-state index in [4.69, 9.17) is 4.52 Å². The van der Waals surface area contributed by atoms with E-state index in [0.29, 0.717) is 30.3 Å². The Bertz CT molecular complexity index is 639.